The first kappa shape index (κ1) is 12.3. The van der Waals surface area contributed by atoms with Crippen LogP contribution < -0.4 is 0 Å². The standard InChI is InChI=1S/C14H13Cl2N/c1-3-17-10(2)13(16)8-9-14(17)11-4-6-12(15)7-5-11/h4-9H,2-3H2,1H3. The van der Waals surface area contributed by atoms with Gasteiger partial charge in [0.15, 0.2) is 0 Å². The van der Waals surface area contributed by atoms with Crippen LogP contribution in [0.1, 0.15) is 12.5 Å². The van der Waals surface area contributed by atoms with Crippen LogP contribution in [0.15, 0.2) is 53.7 Å². The molecule has 0 N–H and O–H groups in total. The van der Waals surface area contributed by atoms with Crippen LogP contribution in [0, 0.1) is 0 Å². The Labute approximate surface area is 112 Å². The van der Waals surface area contributed by atoms with Crippen LogP contribution in [0.4, 0.5) is 0 Å². The van der Waals surface area contributed by atoms with E-state index in [1.807, 2.05) is 36.4 Å². The molecule has 0 aromatic heterocycles. The predicted molar refractivity (Wildman–Crippen MR) is 74.9 cm³/mol. The Bertz CT molecular complexity index is 497. The molecule has 17 heavy (non-hydrogen) atoms. The van der Waals surface area contributed by atoms with Gasteiger partial charge in [-0.25, -0.2) is 0 Å². The van der Waals surface area contributed by atoms with Gasteiger partial charge in [0.1, 0.15) is 0 Å². The molecule has 0 saturated carbocycles. The fraction of sp³-hybridized carbons (Fsp3) is 0.143. The number of allylic oxidation sites excluding steroid dienone is 3. The summed E-state index contributed by atoms with van der Waals surface area (Å²) < 4.78 is 0. The molecule has 0 spiro atoms. The van der Waals surface area contributed by atoms with Crippen molar-refractivity contribution in [3.05, 3.63) is 64.3 Å². The molecule has 1 aromatic rings. The average molecular weight is 266 g/mol. The molecule has 1 aromatic carbocycles. The van der Waals surface area contributed by atoms with Gasteiger partial charge in [0.2, 0.25) is 0 Å². The van der Waals surface area contributed by atoms with Gasteiger partial charge in [0.25, 0.3) is 0 Å². The third-order valence-corrected chi connectivity index (χ3v) is 3.33. The topological polar surface area (TPSA) is 3.24 Å². The molecule has 0 unspecified atom stereocenters. The Morgan fingerprint density at radius 3 is 2.35 bits per heavy atom. The Morgan fingerprint density at radius 1 is 1.12 bits per heavy atom. The van der Waals surface area contributed by atoms with Crippen LogP contribution in [0.25, 0.3) is 5.70 Å². The van der Waals surface area contributed by atoms with E-state index in [1.165, 1.54) is 0 Å². The highest BCUT2D eigenvalue weighted by Crippen LogP contribution is 2.32. The molecule has 1 nitrogen and oxygen atoms in total. The molecule has 1 aliphatic heterocycles. The molecule has 1 heterocycles. The summed E-state index contributed by atoms with van der Waals surface area (Å²) in [4.78, 5) is 2.09. The van der Waals surface area contributed by atoms with Crippen molar-refractivity contribution >= 4 is 28.9 Å². The van der Waals surface area contributed by atoms with Crippen molar-refractivity contribution in [1.29, 1.82) is 0 Å². The van der Waals surface area contributed by atoms with Gasteiger partial charge in [-0.05, 0) is 36.8 Å². The van der Waals surface area contributed by atoms with Crippen molar-refractivity contribution in [2.75, 3.05) is 6.54 Å². The molecule has 0 radical (unpaired) electrons. The van der Waals surface area contributed by atoms with E-state index in [0.717, 1.165) is 28.5 Å². The molecular weight excluding hydrogens is 253 g/mol. The third kappa shape index (κ3) is 2.41. The van der Waals surface area contributed by atoms with Crippen molar-refractivity contribution in [2.24, 2.45) is 0 Å². The zero-order valence-corrected chi connectivity index (χ0v) is 11.1. The Kier molecular flexibility index (Phi) is 3.60. The summed E-state index contributed by atoms with van der Waals surface area (Å²) >= 11 is 12.0. The normalized spacial score (nSPS) is 15.7. The van der Waals surface area contributed by atoms with E-state index in [2.05, 4.69) is 18.4 Å². The van der Waals surface area contributed by atoms with E-state index in [-0.39, 0.29) is 0 Å². The van der Waals surface area contributed by atoms with Crippen LogP contribution in [0.2, 0.25) is 5.02 Å². The zero-order chi connectivity index (χ0) is 12.4. The second kappa shape index (κ2) is 4.99. The maximum atomic E-state index is 6.07. The molecule has 88 valence electrons. The van der Waals surface area contributed by atoms with Crippen LogP contribution >= 0.6 is 23.2 Å². The van der Waals surface area contributed by atoms with Crippen molar-refractivity contribution in [1.82, 2.24) is 4.90 Å². The van der Waals surface area contributed by atoms with E-state index in [1.54, 1.807) is 0 Å². The SMILES string of the molecule is C=C1C(Cl)=CC=C(c2ccc(Cl)cc2)N1CC. The Hall–Kier alpha value is -1.18. The van der Waals surface area contributed by atoms with Crippen molar-refractivity contribution in [3.8, 4) is 0 Å². The van der Waals surface area contributed by atoms with E-state index < -0.39 is 0 Å². The lowest BCUT2D eigenvalue weighted by atomic mass is 10.1. The number of likely N-dealkylation sites (N-methyl/N-ethyl adjacent to an activating group) is 1. The number of benzene rings is 1. The Balaban J connectivity index is 2.43. The summed E-state index contributed by atoms with van der Waals surface area (Å²) in [6, 6.07) is 7.76. The van der Waals surface area contributed by atoms with Gasteiger partial charge in [-0.1, -0.05) is 41.9 Å². The number of hydrogen-bond acceptors (Lipinski definition) is 1. The summed E-state index contributed by atoms with van der Waals surface area (Å²) in [5, 5.41) is 1.42. The zero-order valence-electron chi connectivity index (χ0n) is 9.58. The second-order valence-corrected chi connectivity index (χ2v) is 4.61. The van der Waals surface area contributed by atoms with Crippen molar-refractivity contribution < 1.29 is 0 Å². The molecule has 0 aliphatic carbocycles. The lowest BCUT2D eigenvalue weighted by Crippen LogP contribution is -2.22. The van der Waals surface area contributed by atoms with E-state index in [4.69, 9.17) is 23.2 Å². The number of rotatable bonds is 2. The number of nitrogens with zero attached hydrogens (tertiary/aromatic N) is 1. The van der Waals surface area contributed by atoms with Crippen molar-refractivity contribution in [2.45, 2.75) is 6.92 Å². The monoisotopic (exact) mass is 265 g/mol. The second-order valence-electron chi connectivity index (χ2n) is 3.76. The maximum Gasteiger partial charge on any atom is 0.0637 e. The van der Waals surface area contributed by atoms with Gasteiger partial charge in [-0.15, -0.1) is 0 Å². The van der Waals surface area contributed by atoms with Gasteiger partial charge in [0, 0.05) is 17.3 Å². The van der Waals surface area contributed by atoms with Crippen LogP contribution in [-0.2, 0) is 0 Å². The lowest BCUT2D eigenvalue weighted by molar-refractivity contribution is 0.528. The molecule has 0 bridgehead atoms. The van der Waals surface area contributed by atoms with Gasteiger partial charge in [-0.3, -0.25) is 0 Å². The van der Waals surface area contributed by atoms with Crippen molar-refractivity contribution in [3.63, 3.8) is 0 Å². The van der Waals surface area contributed by atoms with Crippen LogP contribution in [0.3, 0.4) is 0 Å². The van der Waals surface area contributed by atoms with E-state index in [0.29, 0.717) is 5.03 Å². The summed E-state index contributed by atoms with van der Waals surface area (Å²) in [5.41, 5.74) is 3.04. The fourth-order valence-corrected chi connectivity index (χ4v) is 2.14. The molecule has 3 heteroatoms. The summed E-state index contributed by atoms with van der Waals surface area (Å²) in [6.07, 6.45) is 3.88. The van der Waals surface area contributed by atoms with Gasteiger partial charge >= 0.3 is 0 Å². The lowest BCUT2D eigenvalue weighted by Gasteiger charge is -2.30. The maximum absolute atomic E-state index is 6.07. The largest absolute Gasteiger partial charge is 0.341 e. The van der Waals surface area contributed by atoms with Crippen LogP contribution in [0.5, 0.6) is 0 Å². The van der Waals surface area contributed by atoms with Gasteiger partial charge < -0.3 is 4.90 Å². The number of halogens is 2. The molecular formula is C14H13Cl2N. The third-order valence-electron chi connectivity index (χ3n) is 2.74. The summed E-state index contributed by atoms with van der Waals surface area (Å²) in [6.45, 7) is 6.90. The van der Waals surface area contributed by atoms with Crippen LogP contribution in [-0.4, -0.2) is 11.4 Å². The quantitative estimate of drug-likeness (QED) is 0.752. The molecule has 0 saturated heterocycles. The first-order valence-electron chi connectivity index (χ1n) is 5.43. The smallest absolute Gasteiger partial charge is 0.0637 e. The molecule has 0 atom stereocenters. The summed E-state index contributed by atoms with van der Waals surface area (Å²) in [7, 11) is 0. The minimum atomic E-state index is 0.685. The highest BCUT2D eigenvalue weighted by atomic mass is 35.5. The minimum absolute atomic E-state index is 0.685. The highest BCUT2D eigenvalue weighted by molar-refractivity contribution is 6.32. The van der Waals surface area contributed by atoms with Gasteiger partial charge in [-0.2, -0.15) is 0 Å². The van der Waals surface area contributed by atoms with E-state index in [9.17, 15) is 0 Å². The molecule has 2 rings (SSSR count). The number of hydrogen-bond donors (Lipinski definition) is 0. The first-order valence-corrected chi connectivity index (χ1v) is 6.19. The fourth-order valence-electron chi connectivity index (χ4n) is 1.85. The first-order chi connectivity index (χ1) is 8.13. The molecule has 0 fully saturated rings. The molecule has 0 amide bonds. The van der Waals surface area contributed by atoms with Gasteiger partial charge in [0.05, 0.1) is 10.7 Å². The highest BCUT2D eigenvalue weighted by Gasteiger charge is 2.18. The predicted octanol–water partition coefficient (Wildman–Crippen LogP) is 4.65. The average Bonchev–Trinajstić information content (AvgIpc) is 2.34. The molecule has 1 aliphatic rings. The van der Waals surface area contributed by atoms with E-state index >= 15 is 0 Å². The summed E-state index contributed by atoms with van der Waals surface area (Å²) in [5.74, 6) is 0. The Morgan fingerprint density at radius 2 is 1.76 bits per heavy atom. The minimum Gasteiger partial charge on any atom is -0.341 e.